The minimum absolute atomic E-state index is 0.128. The Hall–Kier alpha value is -1.76. The van der Waals surface area contributed by atoms with Gasteiger partial charge in [-0.05, 0) is 60.5 Å². The number of para-hydroxylation sites is 1. The maximum absolute atomic E-state index is 11.2. The van der Waals surface area contributed by atoms with Crippen molar-refractivity contribution in [3.05, 3.63) is 51.7 Å². The molecule has 0 radical (unpaired) electrons. The van der Waals surface area contributed by atoms with E-state index in [4.69, 9.17) is 4.98 Å². The molecule has 0 bridgehead atoms. The molecule has 1 atom stereocenters. The monoisotopic (exact) mass is 358 g/mol. The third-order valence-corrected chi connectivity index (χ3v) is 6.44. The predicted octanol–water partition coefficient (Wildman–Crippen LogP) is 4.24. The molecule has 4 nitrogen and oxygen atoms in total. The molecule has 6 heteroatoms. The topological polar surface area (TPSA) is 53.4 Å². The second kappa shape index (κ2) is 6.63. The van der Waals surface area contributed by atoms with E-state index in [-0.39, 0.29) is 12.0 Å². The molecule has 1 aromatic carbocycles. The molecule has 3 heterocycles. The van der Waals surface area contributed by atoms with Gasteiger partial charge in [0.05, 0.1) is 22.2 Å². The fraction of sp³-hybridized carbons (Fsp3) is 0.333. The molecule has 2 aromatic heterocycles. The molecule has 1 aliphatic rings. The number of nitrogens with zero attached hydrogens (tertiary/aromatic N) is 2. The Balaban J connectivity index is 1.67. The highest BCUT2D eigenvalue weighted by Crippen LogP contribution is 2.37. The highest BCUT2D eigenvalue weighted by molar-refractivity contribution is 7.18. The number of carbonyl (C=O) groups is 1. The zero-order valence-electron chi connectivity index (χ0n) is 13.1. The summed E-state index contributed by atoms with van der Waals surface area (Å²) in [4.78, 5) is 18.5. The van der Waals surface area contributed by atoms with Crippen LogP contribution in [0.5, 0.6) is 0 Å². The molecule has 1 fully saturated rings. The van der Waals surface area contributed by atoms with E-state index in [1.165, 1.54) is 10.3 Å². The van der Waals surface area contributed by atoms with Gasteiger partial charge in [0.2, 0.25) is 0 Å². The van der Waals surface area contributed by atoms with Crippen molar-refractivity contribution >= 4 is 38.9 Å². The Morgan fingerprint density at radius 2 is 2.04 bits per heavy atom. The Labute approximate surface area is 148 Å². The standard InChI is InChI=1S/C18H18N2O2S2/c21-18(22)12-5-8-20(9-6-12)16(13-7-10-23-11-13)17-19-14-3-1-2-4-15(14)24-17/h1-4,7,10-12,16H,5-6,8-9H2,(H,21,22). The minimum Gasteiger partial charge on any atom is -0.481 e. The fourth-order valence-electron chi connectivity index (χ4n) is 3.35. The van der Waals surface area contributed by atoms with Crippen LogP contribution in [0.2, 0.25) is 0 Å². The molecule has 1 aliphatic heterocycles. The number of carboxylic acids is 1. The smallest absolute Gasteiger partial charge is 0.306 e. The van der Waals surface area contributed by atoms with Crippen LogP contribution in [-0.2, 0) is 4.79 Å². The highest BCUT2D eigenvalue weighted by atomic mass is 32.1. The van der Waals surface area contributed by atoms with E-state index in [0.717, 1.165) is 23.6 Å². The van der Waals surface area contributed by atoms with Crippen LogP contribution in [0.1, 0.15) is 29.5 Å². The first-order valence-electron chi connectivity index (χ1n) is 8.07. The second-order valence-corrected chi connectivity index (χ2v) is 7.97. The second-order valence-electron chi connectivity index (χ2n) is 6.13. The van der Waals surface area contributed by atoms with Crippen molar-refractivity contribution in [3.8, 4) is 0 Å². The van der Waals surface area contributed by atoms with Gasteiger partial charge in [-0.25, -0.2) is 4.98 Å². The molecule has 0 spiro atoms. The number of likely N-dealkylation sites (tertiary alicyclic amines) is 1. The van der Waals surface area contributed by atoms with E-state index in [1.54, 1.807) is 22.7 Å². The lowest BCUT2D eigenvalue weighted by Gasteiger charge is -2.35. The van der Waals surface area contributed by atoms with Crippen LogP contribution in [0.3, 0.4) is 0 Å². The molecule has 1 N–H and O–H groups in total. The predicted molar refractivity (Wildman–Crippen MR) is 97.7 cm³/mol. The van der Waals surface area contributed by atoms with Crippen LogP contribution >= 0.6 is 22.7 Å². The quantitative estimate of drug-likeness (QED) is 0.758. The molecular formula is C18H18N2O2S2. The zero-order valence-corrected chi connectivity index (χ0v) is 14.7. The van der Waals surface area contributed by atoms with Gasteiger partial charge in [0.15, 0.2) is 0 Å². The number of benzene rings is 1. The van der Waals surface area contributed by atoms with Crippen molar-refractivity contribution in [2.24, 2.45) is 5.92 Å². The molecule has 1 saturated heterocycles. The van der Waals surface area contributed by atoms with Crippen LogP contribution in [0.15, 0.2) is 41.1 Å². The minimum atomic E-state index is -0.665. The van der Waals surface area contributed by atoms with Gasteiger partial charge in [-0.3, -0.25) is 9.69 Å². The van der Waals surface area contributed by atoms with Crippen LogP contribution in [0.25, 0.3) is 10.2 Å². The summed E-state index contributed by atoms with van der Waals surface area (Å²) in [7, 11) is 0. The largest absolute Gasteiger partial charge is 0.481 e. The summed E-state index contributed by atoms with van der Waals surface area (Å²) in [5.74, 6) is -0.874. The number of fused-ring (bicyclic) bond motifs is 1. The Morgan fingerprint density at radius 1 is 1.25 bits per heavy atom. The van der Waals surface area contributed by atoms with Gasteiger partial charge in [0, 0.05) is 0 Å². The average Bonchev–Trinajstić information content (AvgIpc) is 3.25. The number of hydrogen-bond donors (Lipinski definition) is 1. The normalized spacial score (nSPS) is 18.0. The van der Waals surface area contributed by atoms with E-state index in [9.17, 15) is 9.90 Å². The fourth-order valence-corrected chi connectivity index (χ4v) is 5.16. The van der Waals surface area contributed by atoms with Crippen molar-refractivity contribution in [2.75, 3.05) is 13.1 Å². The van der Waals surface area contributed by atoms with Crippen molar-refractivity contribution in [2.45, 2.75) is 18.9 Å². The number of carboxylic acid groups (broad SMARTS) is 1. The number of aliphatic carboxylic acids is 1. The van der Waals surface area contributed by atoms with E-state index in [0.29, 0.717) is 12.8 Å². The Kier molecular flexibility index (Phi) is 4.35. The summed E-state index contributed by atoms with van der Waals surface area (Å²) in [6.45, 7) is 1.60. The van der Waals surface area contributed by atoms with Crippen LogP contribution < -0.4 is 0 Å². The average molecular weight is 358 g/mol. The molecule has 4 rings (SSSR count). The third-order valence-electron chi connectivity index (χ3n) is 4.65. The molecule has 0 saturated carbocycles. The molecule has 3 aromatic rings. The number of piperidine rings is 1. The van der Waals surface area contributed by atoms with Crippen molar-refractivity contribution < 1.29 is 9.90 Å². The number of thiophene rings is 1. The highest BCUT2D eigenvalue weighted by Gasteiger charge is 2.31. The van der Waals surface area contributed by atoms with Crippen LogP contribution in [0.4, 0.5) is 0 Å². The van der Waals surface area contributed by atoms with Crippen LogP contribution in [-0.4, -0.2) is 34.0 Å². The lowest BCUT2D eigenvalue weighted by atomic mass is 9.95. The first-order valence-corrected chi connectivity index (χ1v) is 9.83. The zero-order chi connectivity index (χ0) is 16.5. The van der Waals surface area contributed by atoms with Gasteiger partial charge in [-0.15, -0.1) is 11.3 Å². The van der Waals surface area contributed by atoms with E-state index >= 15 is 0 Å². The number of thiazole rings is 1. The van der Waals surface area contributed by atoms with Gasteiger partial charge in [-0.1, -0.05) is 12.1 Å². The lowest BCUT2D eigenvalue weighted by Crippen LogP contribution is -2.39. The van der Waals surface area contributed by atoms with Gasteiger partial charge < -0.3 is 5.11 Å². The van der Waals surface area contributed by atoms with E-state index < -0.39 is 5.97 Å². The molecule has 0 amide bonds. The summed E-state index contributed by atoms with van der Waals surface area (Å²) < 4.78 is 1.20. The third kappa shape index (κ3) is 2.97. The van der Waals surface area contributed by atoms with Crippen molar-refractivity contribution in [1.82, 2.24) is 9.88 Å². The van der Waals surface area contributed by atoms with E-state index in [1.807, 2.05) is 12.1 Å². The first kappa shape index (κ1) is 15.7. The van der Waals surface area contributed by atoms with Crippen LogP contribution in [0, 0.1) is 5.92 Å². The first-order chi connectivity index (χ1) is 11.7. The molecule has 24 heavy (non-hydrogen) atoms. The summed E-state index contributed by atoms with van der Waals surface area (Å²) in [6.07, 6.45) is 1.42. The Morgan fingerprint density at radius 3 is 2.71 bits per heavy atom. The van der Waals surface area contributed by atoms with Gasteiger partial charge in [-0.2, -0.15) is 11.3 Å². The number of rotatable bonds is 4. The van der Waals surface area contributed by atoms with Gasteiger partial charge >= 0.3 is 5.97 Å². The molecule has 0 aliphatic carbocycles. The maximum atomic E-state index is 11.2. The summed E-state index contributed by atoms with van der Waals surface area (Å²) in [5.41, 5.74) is 2.30. The number of aromatic nitrogens is 1. The van der Waals surface area contributed by atoms with Crippen molar-refractivity contribution in [3.63, 3.8) is 0 Å². The SMILES string of the molecule is O=C(O)C1CCN(C(c2ccsc2)c2nc3ccccc3s2)CC1. The summed E-state index contributed by atoms with van der Waals surface area (Å²) >= 11 is 3.43. The molecular weight excluding hydrogens is 340 g/mol. The molecule has 124 valence electrons. The van der Waals surface area contributed by atoms with Gasteiger partial charge in [0.1, 0.15) is 5.01 Å². The van der Waals surface area contributed by atoms with Gasteiger partial charge in [0.25, 0.3) is 0 Å². The molecule has 1 unspecified atom stereocenters. The maximum Gasteiger partial charge on any atom is 0.306 e. The lowest BCUT2D eigenvalue weighted by molar-refractivity contribution is -0.143. The Bertz CT molecular complexity index is 803. The number of hydrogen-bond acceptors (Lipinski definition) is 5. The van der Waals surface area contributed by atoms with Crippen molar-refractivity contribution in [1.29, 1.82) is 0 Å². The van der Waals surface area contributed by atoms with E-state index in [2.05, 4.69) is 33.9 Å². The summed E-state index contributed by atoms with van der Waals surface area (Å²) in [5, 5.41) is 14.6. The summed E-state index contributed by atoms with van der Waals surface area (Å²) in [6, 6.07) is 10.5.